The van der Waals surface area contributed by atoms with Crippen LogP contribution in [-0.2, 0) is 25.1 Å². The SMILES string of the molecule is COC(=O)CC1(CS(=O)(=O)Cc2cccc(C)c2)CC1. The van der Waals surface area contributed by atoms with Crippen LogP contribution in [0.2, 0.25) is 0 Å². The maximum Gasteiger partial charge on any atom is 0.306 e. The Balaban J connectivity index is 2.03. The molecule has 20 heavy (non-hydrogen) atoms. The first-order valence-electron chi connectivity index (χ1n) is 6.67. The van der Waals surface area contributed by atoms with Crippen molar-refractivity contribution >= 4 is 15.8 Å². The third-order valence-electron chi connectivity index (χ3n) is 3.70. The highest BCUT2D eigenvalue weighted by Crippen LogP contribution is 2.50. The van der Waals surface area contributed by atoms with Crippen molar-refractivity contribution < 1.29 is 17.9 Å². The van der Waals surface area contributed by atoms with Gasteiger partial charge in [-0.05, 0) is 30.7 Å². The zero-order valence-corrected chi connectivity index (χ0v) is 12.7. The summed E-state index contributed by atoms with van der Waals surface area (Å²) in [5.74, 6) is -0.214. The first-order chi connectivity index (χ1) is 9.34. The number of hydrogen-bond donors (Lipinski definition) is 0. The molecule has 0 heterocycles. The van der Waals surface area contributed by atoms with Crippen LogP contribution in [0.15, 0.2) is 24.3 Å². The Bertz CT molecular complexity index is 600. The lowest BCUT2D eigenvalue weighted by Gasteiger charge is -2.14. The van der Waals surface area contributed by atoms with E-state index in [1.807, 2.05) is 31.2 Å². The quantitative estimate of drug-likeness (QED) is 0.755. The van der Waals surface area contributed by atoms with E-state index in [-0.39, 0.29) is 29.3 Å². The number of sulfone groups is 1. The first kappa shape index (κ1) is 15.0. The minimum absolute atomic E-state index is 0.0393. The topological polar surface area (TPSA) is 60.4 Å². The Morgan fingerprint density at radius 1 is 1.35 bits per heavy atom. The fraction of sp³-hybridized carbons (Fsp3) is 0.533. The van der Waals surface area contributed by atoms with Crippen LogP contribution < -0.4 is 0 Å². The molecule has 0 unspecified atom stereocenters. The van der Waals surface area contributed by atoms with E-state index in [2.05, 4.69) is 4.74 Å². The fourth-order valence-electron chi connectivity index (χ4n) is 2.50. The summed E-state index contributed by atoms with van der Waals surface area (Å²) in [5.41, 5.74) is 1.47. The Kier molecular flexibility index (Phi) is 4.18. The molecule has 0 saturated heterocycles. The van der Waals surface area contributed by atoms with Gasteiger partial charge in [-0.3, -0.25) is 4.79 Å². The molecule has 110 valence electrons. The van der Waals surface area contributed by atoms with Crippen molar-refractivity contribution in [2.75, 3.05) is 12.9 Å². The summed E-state index contributed by atoms with van der Waals surface area (Å²) in [6, 6.07) is 7.51. The number of esters is 1. The highest BCUT2D eigenvalue weighted by molar-refractivity contribution is 7.90. The Hall–Kier alpha value is -1.36. The molecule has 0 amide bonds. The smallest absolute Gasteiger partial charge is 0.306 e. The van der Waals surface area contributed by atoms with Gasteiger partial charge in [0.15, 0.2) is 9.84 Å². The van der Waals surface area contributed by atoms with Crippen LogP contribution in [-0.4, -0.2) is 27.2 Å². The van der Waals surface area contributed by atoms with Gasteiger partial charge in [0.2, 0.25) is 0 Å². The monoisotopic (exact) mass is 296 g/mol. The normalized spacial score (nSPS) is 16.7. The second kappa shape index (κ2) is 5.56. The number of rotatable bonds is 6. The second-order valence-electron chi connectivity index (χ2n) is 5.77. The van der Waals surface area contributed by atoms with E-state index in [1.165, 1.54) is 7.11 Å². The molecule has 1 aliphatic rings. The highest BCUT2D eigenvalue weighted by Gasteiger charge is 2.47. The van der Waals surface area contributed by atoms with Crippen molar-refractivity contribution in [3.8, 4) is 0 Å². The third-order valence-corrected chi connectivity index (χ3v) is 5.52. The summed E-state index contributed by atoms with van der Waals surface area (Å²) >= 11 is 0. The van der Waals surface area contributed by atoms with Gasteiger partial charge in [-0.1, -0.05) is 29.8 Å². The second-order valence-corrected chi connectivity index (χ2v) is 7.84. The lowest BCUT2D eigenvalue weighted by Crippen LogP contribution is -2.22. The number of hydrogen-bond acceptors (Lipinski definition) is 4. The molecule has 1 fully saturated rings. The number of methoxy groups -OCH3 is 1. The molecule has 0 radical (unpaired) electrons. The van der Waals surface area contributed by atoms with Gasteiger partial charge in [-0.2, -0.15) is 0 Å². The van der Waals surface area contributed by atoms with Crippen LogP contribution in [0.5, 0.6) is 0 Å². The van der Waals surface area contributed by atoms with Crippen molar-refractivity contribution in [3.63, 3.8) is 0 Å². The van der Waals surface area contributed by atoms with Gasteiger partial charge >= 0.3 is 5.97 Å². The van der Waals surface area contributed by atoms with Gasteiger partial charge in [0.25, 0.3) is 0 Å². The molecule has 1 aromatic rings. The Morgan fingerprint density at radius 2 is 2.05 bits per heavy atom. The van der Waals surface area contributed by atoms with Gasteiger partial charge in [-0.15, -0.1) is 0 Å². The number of aryl methyl sites for hydroxylation is 1. The van der Waals surface area contributed by atoms with Crippen LogP contribution in [0.1, 0.15) is 30.4 Å². The maximum atomic E-state index is 12.3. The van der Waals surface area contributed by atoms with Crippen LogP contribution in [0.25, 0.3) is 0 Å². The molecule has 1 saturated carbocycles. The highest BCUT2D eigenvalue weighted by atomic mass is 32.2. The summed E-state index contributed by atoms with van der Waals surface area (Å²) in [5, 5.41) is 0. The molecular formula is C15H20O4S. The van der Waals surface area contributed by atoms with Crippen LogP contribution >= 0.6 is 0 Å². The lowest BCUT2D eigenvalue weighted by atomic mass is 10.1. The van der Waals surface area contributed by atoms with E-state index < -0.39 is 9.84 Å². The molecule has 1 aromatic carbocycles. The number of carbonyl (C=O) groups is 1. The van der Waals surface area contributed by atoms with Gasteiger partial charge < -0.3 is 4.74 Å². The van der Waals surface area contributed by atoms with Crippen molar-refractivity contribution in [1.82, 2.24) is 0 Å². The van der Waals surface area contributed by atoms with Crippen molar-refractivity contribution in [1.29, 1.82) is 0 Å². The first-order valence-corrected chi connectivity index (χ1v) is 8.49. The fourth-order valence-corrected chi connectivity index (χ4v) is 4.61. The molecule has 0 spiro atoms. The van der Waals surface area contributed by atoms with E-state index in [0.717, 1.165) is 24.0 Å². The summed E-state index contributed by atoms with van der Waals surface area (Å²) < 4.78 is 29.2. The minimum Gasteiger partial charge on any atom is -0.469 e. The predicted octanol–water partition coefficient (Wildman–Crippen LogP) is 2.25. The number of benzene rings is 1. The number of ether oxygens (including phenoxy) is 1. The van der Waals surface area contributed by atoms with Crippen molar-refractivity contribution in [2.24, 2.45) is 5.41 Å². The zero-order chi connectivity index (χ0) is 14.8. The molecule has 0 N–H and O–H groups in total. The maximum absolute atomic E-state index is 12.3. The standard InChI is InChI=1S/C15H20O4S/c1-12-4-3-5-13(8-12)10-20(17,18)11-15(6-7-15)9-14(16)19-2/h3-5,8H,6-7,9-11H2,1-2H3. The zero-order valence-electron chi connectivity index (χ0n) is 11.9. The number of carbonyl (C=O) groups excluding carboxylic acids is 1. The summed E-state index contributed by atoms with van der Waals surface area (Å²) in [6.45, 7) is 1.94. The van der Waals surface area contributed by atoms with Crippen LogP contribution in [0, 0.1) is 12.3 Å². The Labute approximate surface area is 120 Å². The molecule has 1 aliphatic carbocycles. The van der Waals surface area contributed by atoms with Gasteiger partial charge in [0.1, 0.15) is 0 Å². The van der Waals surface area contributed by atoms with Crippen molar-refractivity contribution in [3.05, 3.63) is 35.4 Å². The van der Waals surface area contributed by atoms with Crippen molar-refractivity contribution in [2.45, 2.75) is 31.9 Å². The van der Waals surface area contributed by atoms with E-state index in [4.69, 9.17) is 0 Å². The van der Waals surface area contributed by atoms with E-state index in [1.54, 1.807) is 0 Å². The molecular weight excluding hydrogens is 276 g/mol. The molecule has 0 bridgehead atoms. The van der Waals surface area contributed by atoms with E-state index in [0.29, 0.717) is 0 Å². The van der Waals surface area contributed by atoms with Gasteiger partial charge in [0.05, 0.1) is 25.0 Å². The van der Waals surface area contributed by atoms with Crippen LogP contribution in [0.3, 0.4) is 0 Å². The average molecular weight is 296 g/mol. The van der Waals surface area contributed by atoms with E-state index >= 15 is 0 Å². The predicted molar refractivity (Wildman–Crippen MR) is 77.0 cm³/mol. The minimum atomic E-state index is -3.21. The molecule has 2 rings (SSSR count). The summed E-state index contributed by atoms with van der Waals surface area (Å²) in [4.78, 5) is 11.3. The van der Waals surface area contributed by atoms with Crippen LogP contribution in [0.4, 0.5) is 0 Å². The van der Waals surface area contributed by atoms with E-state index in [9.17, 15) is 13.2 Å². The molecule has 0 aliphatic heterocycles. The van der Waals surface area contributed by atoms with Gasteiger partial charge in [-0.25, -0.2) is 8.42 Å². The summed E-state index contributed by atoms with van der Waals surface area (Å²) in [6.07, 6.45) is 1.78. The largest absolute Gasteiger partial charge is 0.469 e. The average Bonchev–Trinajstić information content (AvgIpc) is 3.06. The van der Waals surface area contributed by atoms with Gasteiger partial charge in [0, 0.05) is 0 Å². The summed E-state index contributed by atoms with van der Waals surface area (Å²) in [7, 11) is -1.88. The molecule has 0 aromatic heterocycles. The lowest BCUT2D eigenvalue weighted by molar-refractivity contribution is -0.141. The third kappa shape index (κ3) is 4.07. The molecule has 0 atom stereocenters. The molecule has 5 heteroatoms. The Morgan fingerprint density at radius 3 is 2.60 bits per heavy atom. The molecule has 4 nitrogen and oxygen atoms in total.